The number of fused-ring (bicyclic) bond motifs is 1. The molecule has 0 radical (unpaired) electrons. The first-order valence-corrected chi connectivity index (χ1v) is 6.36. The quantitative estimate of drug-likeness (QED) is 0.783. The Hall–Kier alpha value is -2.56. The van der Waals surface area contributed by atoms with E-state index in [1.807, 2.05) is 12.1 Å². The van der Waals surface area contributed by atoms with Crippen LogP contribution in [0.1, 0.15) is 5.56 Å². The van der Waals surface area contributed by atoms with E-state index in [1.165, 1.54) is 12.1 Å². The van der Waals surface area contributed by atoms with Crippen molar-refractivity contribution >= 4 is 23.1 Å². The molecule has 0 atom stereocenters. The number of amides is 2. The molecule has 4 nitrogen and oxygen atoms in total. The second-order valence-electron chi connectivity index (χ2n) is 4.73. The molecule has 3 rings (SSSR count). The second kappa shape index (κ2) is 4.85. The average molecular weight is 271 g/mol. The molecule has 0 unspecified atom stereocenters. The van der Waals surface area contributed by atoms with Gasteiger partial charge in [-0.15, -0.1) is 0 Å². The molecular formula is C15H14FN3O. The van der Waals surface area contributed by atoms with Gasteiger partial charge in [0.05, 0.1) is 0 Å². The molecule has 20 heavy (non-hydrogen) atoms. The molecule has 2 aromatic rings. The number of rotatable bonds is 1. The van der Waals surface area contributed by atoms with Crippen molar-refractivity contribution in [2.24, 2.45) is 0 Å². The van der Waals surface area contributed by atoms with Crippen LogP contribution < -0.4 is 16.0 Å². The number of carbonyl (C=O) groups is 1. The summed E-state index contributed by atoms with van der Waals surface area (Å²) in [7, 11) is 0. The van der Waals surface area contributed by atoms with Crippen LogP contribution in [0.25, 0.3) is 0 Å². The largest absolute Gasteiger partial charge is 0.399 e. The number of urea groups is 1. The summed E-state index contributed by atoms with van der Waals surface area (Å²) < 4.78 is 13.1. The highest BCUT2D eigenvalue weighted by Gasteiger charge is 2.24. The van der Waals surface area contributed by atoms with Crippen LogP contribution in [0.2, 0.25) is 0 Å². The Morgan fingerprint density at radius 2 is 2.10 bits per heavy atom. The molecule has 1 aliphatic rings. The lowest BCUT2D eigenvalue weighted by atomic mass is 10.1. The maximum atomic E-state index is 13.1. The number of carbonyl (C=O) groups excluding carboxylic acids is 1. The Kier molecular flexibility index (Phi) is 3.02. The Balaban J connectivity index is 1.80. The Labute approximate surface area is 116 Å². The lowest BCUT2D eigenvalue weighted by molar-refractivity contribution is 0.257. The van der Waals surface area contributed by atoms with E-state index in [-0.39, 0.29) is 11.8 Å². The van der Waals surface area contributed by atoms with Crippen LogP contribution in [-0.4, -0.2) is 12.6 Å². The van der Waals surface area contributed by atoms with Gasteiger partial charge in [0.2, 0.25) is 0 Å². The van der Waals surface area contributed by atoms with E-state index >= 15 is 0 Å². The summed E-state index contributed by atoms with van der Waals surface area (Å²) in [6.07, 6.45) is 0.775. The molecule has 1 aliphatic heterocycles. The van der Waals surface area contributed by atoms with Crippen molar-refractivity contribution in [2.45, 2.75) is 6.42 Å². The standard InChI is InChI=1S/C15H14FN3O/c16-11-2-1-3-13(9-11)18-15(20)19-7-6-10-8-12(17)4-5-14(10)19/h1-5,8-9H,6-7,17H2,(H,18,20). The third-order valence-electron chi connectivity index (χ3n) is 3.32. The summed E-state index contributed by atoms with van der Waals surface area (Å²) in [6.45, 7) is 0.597. The zero-order chi connectivity index (χ0) is 14.1. The third kappa shape index (κ3) is 2.30. The Bertz CT molecular complexity index is 672. The molecule has 102 valence electrons. The van der Waals surface area contributed by atoms with E-state index < -0.39 is 0 Å². The lowest BCUT2D eigenvalue weighted by Gasteiger charge is -2.18. The fraction of sp³-hybridized carbons (Fsp3) is 0.133. The first kappa shape index (κ1) is 12.5. The predicted octanol–water partition coefficient (Wildman–Crippen LogP) is 3.00. The summed E-state index contributed by atoms with van der Waals surface area (Å²) in [5.41, 5.74) is 8.78. The zero-order valence-corrected chi connectivity index (χ0v) is 10.8. The number of anilines is 3. The molecule has 0 spiro atoms. The van der Waals surface area contributed by atoms with Crippen LogP contribution in [0, 0.1) is 5.82 Å². The lowest BCUT2D eigenvalue weighted by Crippen LogP contribution is -2.33. The molecule has 0 saturated heterocycles. The number of benzene rings is 2. The smallest absolute Gasteiger partial charge is 0.326 e. The zero-order valence-electron chi connectivity index (χ0n) is 10.8. The average Bonchev–Trinajstić information content (AvgIpc) is 2.81. The van der Waals surface area contributed by atoms with Gasteiger partial charge in [-0.3, -0.25) is 4.90 Å². The molecule has 3 N–H and O–H groups in total. The minimum atomic E-state index is -0.377. The van der Waals surface area contributed by atoms with Crippen molar-refractivity contribution in [3.8, 4) is 0 Å². The normalized spacial score (nSPS) is 13.2. The minimum absolute atomic E-state index is 0.265. The Morgan fingerprint density at radius 3 is 2.90 bits per heavy atom. The van der Waals surface area contributed by atoms with Crippen molar-refractivity contribution in [3.63, 3.8) is 0 Å². The monoisotopic (exact) mass is 271 g/mol. The molecule has 0 fully saturated rings. The van der Waals surface area contributed by atoms with Gasteiger partial charge < -0.3 is 11.1 Å². The van der Waals surface area contributed by atoms with Crippen LogP contribution in [-0.2, 0) is 6.42 Å². The molecular weight excluding hydrogens is 257 g/mol. The fourth-order valence-corrected chi connectivity index (χ4v) is 2.39. The van der Waals surface area contributed by atoms with Crippen LogP contribution in [0.5, 0.6) is 0 Å². The summed E-state index contributed by atoms with van der Waals surface area (Å²) in [6, 6.07) is 11.1. The topological polar surface area (TPSA) is 58.4 Å². The van der Waals surface area contributed by atoms with Crippen molar-refractivity contribution in [1.82, 2.24) is 0 Å². The predicted molar refractivity (Wildman–Crippen MR) is 77.3 cm³/mol. The molecule has 2 amide bonds. The van der Waals surface area contributed by atoms with Crippen molar-refractivity contribution in [2.75, 3.05) is 22.5 Å². The first-order valence-electron chi connectivity index (χ1n) is 6.36. The van der Waals surface area contributed by atoms with E-state index in [0.717, 1.165) is 17.7 Å². The summed E-state index contributed by atoms with van der Waals surface area (Å²) >= 11 is 0. The van der Waals surface area contributed by atoms with Gasteiger partial charge in [-0.1, -0.05) is 6.07 Å². The minimum Gasteiger partial charge on any atom is -0.399 e. The number of hydrogen-bond donors (Lipinski definition) is 2. The molecule has 2 aromatic carbocycles. The maximum absolute atomic E-state index is 13.1. The van der Waals surface area contributed by atoms with Gasteiger partial charge >= 0.3 is 6.03 Å². The van der Waals surface area contributed by atoms with Gasteiger partial charge in [0.25, 0.3) is 0 Å². The number of nitrogens with zero attached hydrogens (tertiary/aromatic N) is 1. The van der Waals surface area contributed by atoms with E-state index in [2.05, 4.69) is 5.32 Å². The van der Waals surface area contributed by atoms with Gasteiger partial charge in [-0.2, -0.15) is 0 Å². The number of nitrogens with two attached hydrogens (primary N) is 1. The van der Waals surface area contributed by atoms with Crippen LogP contribution in [0.3, 0.4) is 0 Å². The van der Waals surface area contributed by atoms with E-state index in [0.29, 0.717) is 17.9 Å². The van der Waals surface area contributed by atoms with Crippen LogP contribution in [0.4, 0.5) is 26.2 Å². The molecule has 0 saturated carbocycles. The molecule has 0 bridgehead atoms. The highest BCUT2D eigenvalue weighted by Crippen LogP contribution is 2.30. The van der Waals surface area contributed by atoms with Gasteiger partial charge in [-0.05, 0) is 48.4 Å². The van der Waals surface area contributed by atoms with Crippen molar-refractivity contribution in [3.05, 3.63) is 53.8 Å². The van der Waals surface area contributed by atoms with Gasteiger partial charge in [-0.25, -0.2) is 9.18 Å². The molecule has 1 heterocycles. The van der Waals surface area contributed by atoms with E-state index in [4.69, 9.17) is 5.73 Å². The number of nitrogens with one attached hydrogen (secondary N) is 1. The van der Waals surface area contributed by atoms with Gasteiger partial charge in [0, 0.05) is 23.6 Å². The molecule has 5 heteroatoms. The molecule has 0 aliphatic carbocycles. The fourth-order valence-electron chi connectivity index (χ4n) is 2.39. The van der Waals surface area contributed by atoms with Gasteiger partial charge in [0.15, 0.2) is 0 Å². The Morgan fingerprint density at radius 1 is 1.25 bits per heavy atom. The summed E-state index contributed by atoms with van der Waals surface area (Å²) in [4.78, 5) is 13.9. The third-order valence-corrected chi connectivity index (χ3v) is 3.32. The van der Waals surface area contributed by atoms with Crippen LogP contribution >= 0.6 is 0 Å². The number of halogens is 1. The van der Waals surface area contributed by atoms with Gasteiger partial charge in [0.1, 0.15) is 5.82 Å². The summed E-state index contributed by atoms with van der Waals surface area (Å²) in [5, 5.41) is 2.70. The maximum Gasteiger partial charge on any atom is 0.326 e. The van der Waals surface area contributed by atoms with Crippen LogP contribution in [0.15, 0.2) is 42.5 Å². The first-order chi connectivity index (χ1) is 9.63. The van der Waals surface area contributed by atoms with Crippen molar-refractivity contribution in [1.29, 1.82) is 0 Å². The highest BCUT2D eigenvalue weighted by molar-refractivity contribution is 6.03. The molecule has 0 aromatic heterocycles. The van der Waals surface area contributed by atoms with E-state index in [1.54, 1.807) is 23.1 Å². The number of nitrogen functional groups attached to an aromatic ring is 1. The SMILES string of the molecule is Nc1ccc2c(c1)CCN2C(=O)Nc1cccc(F)c1. The van der Waals surface area contributed by atoms with Crippen molar-refractivity contribution < 1.29 is 9.18 Å². The summed E-state index contributed by atoms with van der Waals surface area (Å²) in [5.74, 6) is -0.377. The number of hydrogen-bond acceptors (Lipinski definition) is 2. The van der Waals surface area contributed by atoms with E-state index in [9.17, 15) is 9.18 Å². The second-order valence-corrected chi connectivity index (χ2v) is 4.73. The highest BCUT2D eigenvalue weighted by atomic mass is 19.1.